The van der Waals surface area contributed by atoms with Gasteiger partial charge in [0.05, 0.1) is 16.2 Å². The van der Waals surface area contributed by atoms with Crippen LogP contribution in [-0.2, 0) is 9.84 Å². The van der Waals surface area contributed by atoms with E-state index < -0.39 is 21.3 Å². The SMILES string of the molecule is CCCS(=O)(=O)c1ccccc1C(=O)NCC(N)(CC)CC.Cl. The average Bonchev–Trinajstić information content (AvgIpc) is 2.52. The van der Waals surface area contributed by atoms with Crippen molar-refractivity contribution in [2.45, 2.75) is 50.5 Å². The highest BCUT2D eigenvalue weighted by Crippen LogP contribution is 2.18. The zero-order chi connectivity index (χ0) is 16.8. The molecule has 0 aromatic heterocycles. The summed E-state index contributed by atoms with van der Waals surface area (Å²) >= 11 is 0. The van der Waals surface area contributed by atoms with E-state index in [1.807, 2.05) is 13.8 Å². The van der Waals surface area contributed by atoms with Crippen molar-refractivity contribution in [3.8, 4) is 0 Å². The number of carbonyl (C=O) groups is 1. The Morgan fingerprint density at radius 3 is 2.26 bits per heavy atom. The van der Waals surface area contributed by atoms with Crippen LogP contribution in [0.2, 0.25) is 0 Å². The maximum atomic E-state index is 12.4. The molecule has 0 bridgehead atoms. The summed E-state index contributed by atoms with van der Waals surface area (Å²) in [5.41, 5.74) is 5.88. The highest BCUT2D eigenvalue weighted by atomic mass is 35.5. The van der Waals surface area contributed by atoms with Crippen molar-refractivity contribution in [2.24, 2.45) is 5.73 Å². The molecule has 0 heterocycles. The molecule has 0 aliphatic heterocycles. The van der Waals surface area contributed by atoms with Gasteiger partial charge in [0.2, 0.25) is 0 Å². The van der Waals surface area contributed by atoms with Crippen molar-refractivity contribution in [1.29, 1.82) is 0 Å². The van der Waals surface area contributed by atoms with E-state index in [0.29, 0.717) is 13.0 Å². The second kappa shape index (κ2) is 9.25. The summed E-state index contributed by atoms with van der Waals surface area (Å²) in [5, 5.41) is 2.77. The lowest BCUT2D eigenvalue weighted by atomic mass is 9.94. The van der Waals surface area contributed by atoms with Crippen LogP contribution in [-0.4, -0.2) is 32.2 Å². The second-order valence-corrected chi connectivity index (χ2v) is 7.64. The van der Waals surface area contributed by atoms with Crippen molar-refractivity contribution in [3.63, 3.8) is 0 Å². The van der Waals surface area contributed by atoms with Crippen LogP contribution in [0.15, 0.2) is 29.2 Å². The van der Waals surface area contributed by atoms with Gasteiger partial charge in [0, 0.05) is 12.1 Å². The van der Waals surface area contributed by atoms with Gasteiger partial charge in [-0.05, 0) is 31.4 Å². The number of hydrogen-bond acceptors (Lipinski definition) is 4. The number of nitrogens with one attached hydrogen (secondary N) is 1. The topological polar surface area (TPSA) is 89.3 Å². The van der Waals surface area contributed by atoms with Crippen molar-refractivity contribution < 1.29 is 13.2 Å². The highest BCUT2D eigenvalue weighted by Gasteiger charge is 2.24. The molecule has 1 aromatic carbocycles. The smallest absolute Gasteiger partial charge is 0.252 e. The molecule has 0 atom stereocenters. The first-order valence-electron chi connectivity index (χ1n) is 7.68. The monoisotopic (exact) mass is 362 g/mol. The van der Waals surface area contributed by atoms with E-state index in [4.69, 9.17) is 5.73 Å². The van der Waals surface area contributed by atoms with Gasteiger partial charge in [-0.2, -0.15) is 0 Å². The third kappa shape index (κ3) is 5.79. The number of amides is 1. The lowest BCUT2D eigenvalue weighted by Crippen LogP contribution is -2.49. The summed E-state index contributed by atoms with van der Waals surface area (Å²) in [6.45, 7) is 6.05. The first-order valence-corrected chi connectivity index (χ1v) is 9.33. The van der Waals surface area contributed by atoms with E-state index in [-0.39, 0.29) is 28.6 Å². The Hall–Kier alpha value is -1.11. The number of rotatable bonds is 8. The molecule has 5 nitrogen and oxygen atoms in total. The number of benzene rings is 1. The van der Waals surface area contributed by atoms with Crippen molar-refractivity contribution in [1.82, 2.24) is 5.32 Å². The van der Waals surface area contributed by atoms with Crippen LogP contribution in [0.3, 0.4) is 0 Å². The van der Waals surface area contributed by atoms with E-state index in [9.17, 15) is 13.2 Å². The van der Waals surface area contributed by atoms with Gasteiger partial charge in [-0.25, -0.2) is 8.42 Å². The number of sulfone groups is 1. The van der Waals surface area contributed by atoms with Gasteiger partial charge in [-0.3, -0.25) is 4.79 Å². The molecule has 7 heteroatoms. The van der Waals surface area contributed by atoms with E-state index in [2.05, 4.69) is 5.32 Å². The van der Waals surface area contributed by atoms with E-state index in [1.165, 1.54) is 12.1 Å². The van der Waals surface area contributed by atoms with Gasteiger partial charge < -0.3 is 11.1 Å². The van der Waals surface area contributed by atoms with Crippen molar-refractivity contribution >= 4 is 28.2 Å². The van der Waals surface area contributed by atoms with E-state index in [0.717, 1.165) is 12.8 Å². The molecule has 0 saturated heterocycles. The maximum absolute atomic E-state index is 12.4. The minimum absolute atomic E-state index is 0. The van der Waals surface area contributed by atoms with Crippen LogP contribution in [0.25, 0.3) is 0 Å². The van der Waals surface area contributed by atoms with Gasteiger partial charge in [-0.1, -0.05) is 32.9 Å². The summed E-state index contributed by atoms with van der Waals surface area (Å²) in [7, 11) is -3.44. The Morgan fingerprint density at radius 2 is 1.74 bits per heavy atom. The number of hydrogen-bond donors (Lipinski definition) is 2. The Kier molecular flexibility index (Phi) is 8.80. The summed E-state index contributed by atoms with van der Waals surface area (Å²) in [4.78, 5) is 12.5. The standard InChI is InChI=1S/C16H26N2O3S.ClH/c1-4-11-22(20,21)14-10-8-7-9-13(14)15(19)18-12-16(17,5-2)6-3;/h7-10H,4-6,11-12,17H2,1-3H3,(H,18,19);1H. The van der Waals surface area contributed by atoms with E-state index >= 15 is 0 Å². The molecular weight excluding hydrogens is 336 g/mol. The van der Waals surface area contributed by atoms with Crippen LogP contribution in [0.5, 0.6) is 0 Å². The maximum Gasteiger partial charge on any atom is 0.252 e. The van der Waals surface area contributed by atoms with E-state index in [1.54, 1.807) is 19.1 Å². The van der Waals surface area contributed by atoms with Crippen LogP contribution < -0.4 is 11.1 Å². The third-order valence-corrected chi connectivity index (χ3v) is 5.92. The fourth-order valence-corrected chi connectivity index (χ4v) is 3.69. The Labute approximate surface area is 145 Å². The number of halogens is 1. The fourth-order valence-electron chi connectivity index (χ4n) is 2.16. The fraction of sp³-hybridized carbons (Fsp3) is 0.562. The first-order chi connectivity index (χ1) is 10.3. The van der Waals surface area contributed by atoms with Crippen molar-refractivity contribution in [2.75, 3.05) is 12.3 Å². The predicted molar refractivity (Wildman–Crippen MR) is 95.9 cm³/mol. The third-order valence-electron chi connectivity index (χ3n) is 3.95. The Balaban J connectivity index is 0.00000484. The Morgan fingerprint density at radius 1 is 1.17 bits per heavy atom. The molecule has 1 rings (SSSR count). The first kappa shape index (κ1) is 21.9. The molecule has 132 valence electrons. The molecule has 1 amide bonds. The van der Waals surface area contributed by atoms with Gasteiger partial charge in [-0.15, -0.1) is 12.4 Å². The quantitative estimate of drug-likeness (QED) is 0.743. The lowest BCUT2D eigenvalue weighted by molar-refractivity contribution is 0.0939. The largest absolute Gasteiger partial charge is 0.350 e. The molecule has 0 aliphatic carbocycles. The lowest BCUT2D eigenvalue weighted by Gasteiger charge is -2.27. The summed E-state index contributed by atoms with van der Waals surface area (Å²) in [5.74, 6) is -0.366. The minimum Gasteiger partial charge on any atom is -0.350 e. The normalized spacial score (nSPS) is 11.7. The average molecular weight is 363 g/mol. The van der Waals surface area contributed by atoms with Crippen LogP contribution in [0.4, 0.5) is 0 Å². The molecule has 3 N–H and O–H groups in total. The molecule has 0 spiro atoms. The van der Waals surface area contributed by atoms with Crippen LogP contribution in [0, 0.1) is 0 Å². The van der Waals surface area contributed by atoms with Gasteiger partial charge >= 0.3 is 0 Å². The van der Waals surface area contributed by atoms with Gasteiger partial charge in [0.1, 0.15) is 0 Å². The van der Waals surface area contributed by atoms with Crippen molar-refractivity contribution in [3.05, 3.63) is 29.8 Å². The molecule has 0 saturated carbocycles. The predicted octanol–water partition coefficient (Wildman–Crippen LogP) is 2.54. The van der Waals surface area contributed by atoms with Crippen LogP contribution in [0.1, 0.15) is 50.4 Å². The number of nitrogens with two attached hydrogens (primary N) is 1. The molecule has 0 aliphatic rings. The molecule has 0 radical (unpaired) electrons. The molecule has 0 fully saturated rings. The van der Waals surface area contributed by atoms with Crippen LogP contribution >= 0.6 is 12.4 Å². The minimum atomic E-state index is -3.44. The van der Waals surface area contributed by atoms with Gasteiger partial charge in [0.15, 0.2) is 9.84 Å². The molecular formula is C16H27ClN2O3S. The summed E-state index contributed by atoms with van der Waals surface area (Å²) < 4.78 is 24.5. The summed E-state index contributed by atoms with van der Waals surface area (Å²) in [6.07, 6.45) is 1.98. The second-order valence-electron chi connectivity index (χ2n) is 5.57. The Bertz CT molecular complexity index is 614. The summed E-state index contributed by atoms with van der Waals surface area (Å²) in [6, 6.07) is 6.31. The molecule has 0 unspecified atom stereocenters. The number of carbonyl (C=O) groups excluding carboxylic acids is 1. The molecule has 1 aromatic rings. The zero-order valence-electron chi connectivity index (χ0n) is 14.0. The zero-order valence-corrected chi connectivity index (χ0v) is 15.6. The molecule has 23 heavy (non-hydrogen) atoms. The van der Waals surface area contributed by atoms with Gasteiger partial charge in [0.25, 0.3) is 5.91 Å². The highest BCUT2D eigenvalue weighted by molar-refractivity contribution is 7.91.